The van der Waals surface area contributed by atoms with Crippen LogP contribution in [-0.2, 0) is 6.54 Å². The van der Waals surface area contributed by atoms with E-state index in [0.29, 0.717) is 17.4 Å². The molecule has 10 heteroatoms. The number of nitrogens with zero attached hydrogens (tertiary/aromatic N) is 4. The maximum Gasteiger partial charge on any atom is 0.272 e. The third kappa shape index (κ3) is 2.93. The van der Waals surface area contributed by atoms with E-state index in [2.05, 4.69) is 30.8 Å². The standard InChI is InChI=1S/C14H12N6O4/c21-11-4-3-8(17-18-11)14(22)15-6-12-16-13(20-24-12)9-5-10(23-19-9)7-1-2-7/h3-5,7H,1-2,6H2,(H,15,22)(H,18,21). The first-order valence-electron chi connectivity index (χ1n) is 7.32. The molecule has 1 aliphatic rings. The van der Waals surface area contributed by atoms with Gasteiger partial charge in [-0.3, -0.25) is 9.59 Å². The summed E-state index contributed by atoms with van der Waals surface area (Å²) in [5.74, 6) is 1.33. The van der Waals surface area contributed by atoms with Crippen molar-refractivity contribution >= 4 is 5.91 Å². The van der Waals surface area contributed by atoms with Gasteiger partial charge in [0.2, 0.25) is 11.7 Å². The quantitative estimate of drug-likeness (QED) is 0.694. The number of nitrogens with one attached hydrogen (secondary N) is 2. The molecule has 1 aliphatic carbocycles. The van der Waals surface area contributed by atoms with Crippen LogP contribution in [0.5, 0.6) is 0 Å². The van der Waals surface area contributed by atoms with Gasteiger partial charge in [0, 0.05) is 18.1 Å². The van der Waals surface area contributed by atoms with Gasteiger partial charge in [-0.05, 0) is 18.9 Å². The van der Waals surface area contributed by atoms with E-state index >= 15 is 0 Å². The Balaban J connectivity index is 1.40. The highest BCUT2D eigenvalue weighted by Gasteiger charge is 2.28. The monoisotopic (exact) mass is 328 g/mol. The van der Waals surface area contributed by atoms with Crippen molar-refractivity contribution in [1.82, 2.24) is 30.8 Å². The van der Waals surface area contributed by atoms with Crippen LogP contribution in [0.1, 0.15) is 40.9 Å². The van der Waals surface area contributed by atoms with Crippen LogP contribution in [0.15, 0.2) is 32.0 Å². The summed E-state index contributed by atoms with van der Waals surface area (Å²) in [7, 11) is 0. The number of hydrogen-bond donors (Lipinski definition) is 2. The first-order valence-corrected chi connectivity index (χ1v) is 7.32. The Bertz CT molecular complexity index is 918. The van der Waals surface area contributed by atoms with E-state index in [1.165, 1.54) is 12.1 Å². The fourth-order valence-electron chi connectivity index (χ4n) is 2.10. The topological polar surface area (TPSA) is 140 Å². The third-order valence-corrected chi connectivity index (χ3v) is 3.52. The van der Waals surface area contributed by atoms with Crippen LogP contribution in [0.25, 0.3) is 11.5 Å². The molecule has 0 radical (unpaired) electrons. The van der Waals surface area contributed by atoms with E-state index in [-0.39, 0.29) is 23.7 Å². The molecule has 3 heterocycles. The molecular weight excluding hydrogens is 316 g/mol. The smallest absolute Gasteiger partial charge is 0.272 e. The molecule has 4 rings (SSSR count). The highest BCUT2D eigenvalue weighted by molar-refractivity contribution is 5.91. The fourth-order valence-corrected chi connectivity index (χ4v) is 2.10. The molecular formula is C14H12N6O4. The lowest BCUT2D eigenvalue weighted by atomic mass is 10.3. The second-order valence-electron chi connectivity index (χ2n) is 5.39. The molecule has 0 saturated heterocycles. The van der Waals surface area contributed by atoms with Crippen LogP contribution in [0.3, 0.4) is 0 Å². The Kier molecular flexibility index (Phi) is 3.41. The predicted octanol–water partition coefficient (Wildman–Crippen LogP) is 0.615. The van der Waals surface area contributed by atoms with Crippen molar-refractivity contribution in [2.45, 2.75) is 25.3 Å². The molecule has 122 valence electrons. The highest BCUT2D eigenvalue weighted by atomic mass is 16.5. The van der Waals surface area contributed by atoms with Gasteiger partial charge in [-0.1, -0.05) is 10.3 Å². The zero-order valence-corrected chi connectivity index (χ0v) is 12.4. The Hall–Kier alpha value is -3.30. The minimum atomic E-state index is -0.469. The molecule has 1 amide bonds. The molecule has 24 heavy (non-hydrogen) atoms. The summed E-state index contributed by atoms with van der Waals surface area (Å²) in [6.07, 6.45) is 2.22. The number of hydrogen-bond acceptors (Lipinski definition) is 8. The minimum absolute atomic E-state index is 0.0278. The van der Waals surface area contributed by atoms with E-state index in [4.69, 9.17) is 9.05 Å². The van der Waals surface area contributed by atoms with Crippen LogP contribution in [0.4, 0.5) is 0 Å². The highest BCUT2D eigenvalue weighted by Crippen LogP contribution is 2.40. The SMILES string of the molecule is O=C(NCc1nc(-c2cc(C3CC3)on2)no1)c1ccc(=O)[nH]n1. The Morgan fingerprint density at radius 2 is 2.17 bits per heavy atom. The average Bonchev–Trinajstić information content (AvgIpc) is 3.13. The Morgan fingerprint density at radius 1 is 1.29 bits per heavy atom. The Labute approximate surface area is 134 Å². The van der Waals surface area contributed by atoms with Gasteiger partial charge >= 0.3 is 0 Å². The first kappa shape index (κ1) is 14.3. The van der Waals surface area contributed by atoms with E-state index in [1.54, 1.807) is 6.07 Å². The number of carbonyl (C=O) groups is 1. The van der Waals surface area contributed by atoms with Gasteiger partial charge in [0.05, 0.1) is 6.54 Å². The molecule has 3 aromatic rings. The van der Waals surface area contributed by atoms with Gasteiger partial charge in [-0.2, -0.15) is 10.1 Å². The summed E-state index contributed by atoms with van der Waals surface area (Å²) in [5, 5.41) is 16.1. The summed E-state index contributed by atoms with van der Waals surface area (Å²) < 4.78 is 10.3. The number of aromatic amines is 1. The summed E-state index contributed by atoms with van der Waals surface area (Å²) in [5.41, 5.74) is 0.201. The lowest BCUT2D eigenvalue weighted by Gasteiger charge is -1.99. The number of H-pyrrole nitrogens is 1. The minimum Gasteiger partial charge on any atom is -0.360 e. The van der Waals surface area contributed by atoms with Crippen molar-refractivity contribution < 1.29 is 13.8 Å². The van der Waals surface area contributed by atoms with E-state index in [1.807, 2.05) is 0 Å². The van der Waals surface area contributed by atoms with Crippen molar-refractivity contribution in [2.24, 2.45) is 0 Å². The van der Waals surface area contributed by atoms with Crippen LogP contribution >= 0.6 is 0 Å². The number of aromatic nitrogens is 5. The lowest BCUT2D eigenvalue weighted by molar-refractivity contribution is 0.0940. The molecule has 2 N–H and O–H groups in total. The summed E-state index contributed by atoms with van der Waals surface area (Å²) in [6, 6.07) is 4.34. The molecule has 3 aromatic heterocycles. The molecule has 1 fully saturated rings. The predicted molar refractivity (Wildman–Crippen MR) is 77.8 cm³/mol. The largest absolute Gasteiger partial charge is 0.360 e. The average molecular weight is 328 g/mol. The zero-order valence-electron chi connectivity index (χ0n) is 12.4. The van der Waals surface area contributed by atoms with E-state index in [0.717, 1.165) is 18.6 Å². The lowest BCUT2D eigenvalue weighted by Crippen LogP contribution is -2.25. The van der Waals surface area contributed by atoms with Gasteiger partial charge in [0.1, 0.15) is 11.5 Å². The molecule has 0 atom stereocenters. The number of rotatable bonds is 5. The van der Waals surface area contributed by atoms with Gasteiger partial charge in [-0.25, -0.2) is 5.10 Å². The van der Waals surface area contributed by atoms with Crippen LogP contribution in [0.2, 0.25) is 0 Å². The van der Waals surface area contributed by atoms with Gasteiger partial charge in [0.15, 0.2) is 5.69 Å². The van der Waals surface area contributed by atoms with Crippen LogP contribution in [0, 0.1) is 0 Å². The van der Waals surface area contributed by atoms with Crippen molar-refractivity contribution in [2.75, 3.05) is 0 Å². The normalized spacial score (nSPS) is 13.8. The molecule has 1 saturated carbocycles. The summed E-state index contributed by atoms with van der Waals surface area (Å²) >= 11 is 0. The van der Waals surface area contributed by atoms with Crippen molar-refractivity contribution in [3.8, 4) is 11.5 Å². The summed E-state index contributed by atoms with van der Waals surface area (Å²) in [6.45, 7) is 0.0278. The molecule has 0 bridgehead atoms. The van der Waals surface area contributed by atoms with Gasteiger partial charge in [-0.15, -0.1) is 0 Å². The molecule has 0 spiro atoms. The molecule has 0 aliphatic heterocycles. The fraction of sp³-hybridized carbons (Fsp3) is 0.286. The first-order chi connectivity index (χ1) is 11.7. The Morgan fingerprint density at radius 3 is 2.92 bits per heavy atom. The second-order valence-corrected chi connectivity index (χ2v) is 5.39. The number of carbonyl (C=O) groups excluding carboxylic acids is 1. The summed E-state index contributed by atoms with van der Waals surface area (Å²) in [4.78, 5) is 27.0. The van der Waals surface area contributed by atoms with E-state index < -0.39 is 5.91 Å². The number of amides is 1. The van der Waals surface area contributed by atoms with Gasteiger partial charge in [0.25, 0.3) is 11.5 Å². The maximum atomic E-state index is 11.9. The third-order valence-electron chi connectivity index (χ3n) is 3.52. The molecule has 0 unspecified atom stereocenters. The van der Waals surface area contributed by atoms with Crippen molar-refractivity contribution in [3.63, 3.8) is 0 Å². The van der Waals surface area contributed by atoms with Crippen molar-refractivity contribution in [3.05, 3.63) is 45.9 Å². The second kappa shape index (κ2) is 5.72. The maximum absolute atomic E-state index is 11.9. The van der Waals surface area contributed by atoms with Crippen LogP contribution < -0.4 is 10.9 Å². The van der Waals surface area contributed by atoms with Gasteiger partial charge < -0.3 is 14.4 Å². The zero-order chi connectivity index (χ0) is 16.5. The van der Waals surface area contributed by atoms with Crippen LogP contribution in [-0.4, -0.2) is 31.4 Å². The van der Waals surface area contributed by atoms with E-state index in [9.17, 15) is 9.59 Å². The molecule has 0 aromatic carbocycles. The van der Waals surface area contributed by atoms with Crippen molar-refractivity contribution in [1.29, 1.82) is 0 Å². The molecule has 10 nitrogen and oxygen atoms in total.